The van der Waals surface area contributed by atoms with Crippen molar-refractivity contribution in [2.75, 3.05) is 26.2 Å². The van der Waals surface area contributed by atoms with Crippen LogP contribution < -0.4 is 5.32 Å². The van der Waals surface area contributed by atoms with Crippen molar-refractivity contribution >= 4 is 5.91 Å². The maximum atomic E-state index is 12.3. The average molecular weight is 330 g/mol. The van der Waals surface area contributed by atoms with Crippen molar-refractivity contribution in [3.05, 3.63) is 35.4 Å². The van der Waals surface area contributed by atoms with Gasteiger partial charge in [0.25, 0.3) is 0 Å². The monoisotopic (exact) mass is 330 g/mol. The zero-order chi connectivity index (χ0) is 16.8. The van der Waals surface area contributed by atoms with Crippen molar-refractivity contribution in [2.24, 2.45) is 5.92 Å². The van der Waals surface area contributed by atoms with Crippen LogP contribution in [0.1, 0.15) is 43.7 Å². The van der Waals surface area contributed by atoms with Crippen LogP contribution in [-0.2, 0) is 22.5 Å². The molecule has 1 aromatic rings. The second-order valence-electron chi connectivity index (χ2n) is 7.10. The Labute approximate surface area is 145 Å². The minimum Gasteiger partial charge on any atom is -0.376 e. The third-order valence-electron chi connectivity index (χ3n) is 5.32. The van der Waals surface area contributed by atoms with E-state index in [-0.39, 0.29) is 17.9 Å². The third kappa shape index (κ3) is 4.81. The fourth-order valence-electron chi connectivity index (χ4n) is 3.66. The number of rotatable bonds is 6. The highest BCUT2D eigenvalue weighted by molar-refractivity contribution is 5.78. The summed E-state index contributed by atoms with van der Waals surface area (Å²) in [6.07, 6.45) is 5.45. The molecule has 2 saturated heterocycles. The van der Waals surface area contributed by atoms with Gasteiger partial charge in [-0.2, -0.15) is 0 Å². The molecule has 0 saturated carbocycles. The van der Waals surface area contributed by atoms with Gasteiger partial charge in [0, 0.05) is 25.6 Å². The van der Waals surface area contributed by atoms with Crippen LogP contribution in [0.4, 0.5) is 0 Å². The minimum atomic E-state index is 0.171. The summed E-state index contributed by atoms with van der Waals surface area (Å²) in [5.74, 6) is 0.391. The molecule has 4 heteroatoms. The number of aryl methyl sites for hydroxylation is 1. The predicted octanol–water partition coefficient (Wildman–Crippen LogP) is 2.76. The van der Waals surface area contributed by atoms with Gasteiger partial charge in [0.15, 0.2) is 0 Å². The summed E-state index contributed by atoms with van der Waals surface area (Å²) in [6, 6.07) is 8.92. The Morgan fingerprint density at radius 2 is 1.88 bits per heavy atom. The fourth-order valence-corrected chi connectivity index (χ4v) is 3.66. The van der Waals surface area contributed by atoms with Gasteiger partial charge in [0.1, 0.15) is 0 Å². The highest BCUT2D eigenvalue weighted by Crippen LogP contribution is 2.20. The number of nitrogens with zero attached hydrogens (tertiary/aromatic N) is 1. The highest BCUT2D eigenvalue weighted by atomic mass is 16.5. The number of carbonyl (C=O) groups excluding carboxylic acids is 1. The van der Waals surface area contributed by atoms with Crippen LogP contribution in [0.2, 0.25) is 0 Å². The molecule has 2 heterocycles. The molecule has 3 rings (SSSR count). The van der Waals surface area contributed by atoms with Crippen LogP contribution in [0.3, 0.4) is 0 Å². The number of benzene rings is 1. The molecule has 0 unspecified atom stereocenters. The van der Waals surface area contributed by atoms with Gasteiger partial charge < -0.3 is 10.1 Å². The first kappa shape index (κ1) is 17.4. The number of likely N-dealkylation sites (tertiary alicyclic amines) is 1. The summed E-state index contributed by atoms with van der Waals surface area (Å²) in [5.41, 5.74) is 2.76. The molecular formula is C20H30N2O2. The maximum Gasteiger partial charge on any atom is 0.223 e. The van der Waals surface area contributed by atoms with Crippen LogP contribution in [0, 0.1) is 5.92 Å². The van der Waals surface area contributed by atoms with Crippen molar-refractivity contribution in [3.63, 3.8) is 0 Å². The van der Waals surface area contributed by atoms with E-state index in [0.717, 1.165) is 58.3 Å². The van der Waals surface area contributed by atoms with Crippen LogP contribution in [0.25, 0.3) is 0 Å². The van der Waals surface area contributed by atoms with Gasteiger partial charge in [0.05, 0.1) is 6.10 Å². The normalized spacial score (nSPS) is 22.6. The van der Waals surface area contributed by atoms with E-state index < -0.39 is 0 Å². The largest absolute Gasteiger partial charge is 0.376 e. The van der Waals surface area contributed by atoms with E-state index >= 15 is 0 Å². The van der Waals surface area contributed by atoms with Gasteiger partial charge in [-0.3, -0.25) is 9.69 Å². The summed E-state index contributed by atoms with van der Waals surface area (Å²) in [7, 11) is 0. The van der Waals surface area contributed by atoms with Crippen LogP contribution in [0.15, 0.2) is 24.3 Å². The molecule has 132 valence electrons. The number of nitrogens with one attached hydrogen (secondary N) is 1. The summed E-state index contributed by atoms with van der Waals surface area (Å²) < 4.78 is 5.57. The Hall–Kier alpha value is -1.39. The first-order valence-electron chi connectivity index (χ1n) is 9.44. The molecule has 24 heavy (non-hydrogen) atoms. The Morgan fingerprint density at radius 1 is 1.17 bits per heavy atom. The lowest BCUT2D eigenvalue weighted by molar-refractivity contribution is -0.127. The first-order chi connectivity index (χ1) is 11.7. The molecule has 0 bridgehead atoms. The van der Waals surface area contributed by atoms with Crippen LogP contribution in [0.5, 0.6) is 0 Å². The van der Waals surface area contributed by atoms with Crippen molar-refractivity contribution in [1.82, 2.24) is 10.2 Å². The van der Waals surface area contributed by atoms with Gasteiger partial charge in [-0.15, -0.1) is 0 Å². The molecule has 0 radical (unpaired) electrons. The van der Waals surface area contributed by atoms with Crippen molar-refractivity contribution in [2.45, 2.75) is 51.7 Å². The molecule has 2 fully saturated rings. The molecule has 1 N–H and O–H groups in total. The Bertz CT molecular complexity index is 515. The van der Waals surface area contributed by atoms with Crippen molar-refractivity contribution < 1.29 is 9.53 Å². The summed E-state index contributed by atoms with van der Waals surface area (Å²) in [6.45, 7) is 6.72. The highest BCUT2D eigenvalue weighted by Gasteiger charge is 2.26. The van der Waals surface area contributed by atoms with E-state index in [1.807, 2.05) is 0 Å². The number of carbonyl (C=O) groups is 1. The Morgan fingerprint density at radius 3 is 2.50 bits per heavy atom. The SMILES string of the molecule is CCc1ccc(CN2CCC(C(=O)NC[C@@H]3CCCO3)CC2)cc1. The Balaban J connectivity index is 1.38. The quantitative estimate of drug-likeness (QED) is 0.872. The Kier molecular flexibility index (Phi) is 6.27. The molecule has 0 aliphatic carbocycles. The van der Waals surface area contributed by atoms with Gasteiger partial charge in [-0.25, -0.2) is 0 Å². The maximum absolute atomic E-state index is 12.3. The topological polar surface area (TPSA) is 41.6 Å². The van der Waals surface area contributed by atoms with Gasteiger partial charge in [-0.05, 0) is 56.3 Å². The van der Waals surface area contributed by atoms with Gasteiger partial charge in [-0.1, -0.05) is 31.2 Å². The number of hydrogen-bond acceptors (Lipinski definition) is 3. The van der Waals surface area contributed by atoms with E-state index in [1.165, 1.54) is 11.1 Å². The summed E-state index contributed by atoms with van der Waals surface area (Å²) in [4.78, 5) is 14.8. The molecule has 1 amide bonds. The van der Waals surface area contributed by atoms with E-state index in [4.69, 9.17) is 4.74 Å². The molecular weight excluding hydrogens is 300 g/mol. The minimum absolute atomic E-state index is 0.171. The lowest BCUT2D eigenvalue weighted by Gasteiger charge is -2.31. The molecule has 0 aromatic heterocycles. The van der Waals surface area contributed by atoms with Gasteiger partial charge >= 0.3 is 0 Å². The van der Waals surface area contributed by atoms with E-state index in [0.29, 0.717) is 6.54 Å². The van der Waals surface area contributed by atoms with Gasteiger partial charge in [0.2, 0.25) is 5.91 Å². The van der Waals surface area contributed by atoms with Crippen LogP contribution in [-0.4, -0.2) is 43.2 Å². The third-order valence-corrected chi connectivity index (χ3v) is 5.32. The average Bonchev–Trinajstić information content (AvgIpc) is 3.14. The molecule has 1 atom stereocenters. The number of piperidine rings is 1. The van der Waals surface area contributed by atoms with E-state index in [2.05, 4.69) is 41.4 Å². The lowest BCUT2D eigenvalue weighted by atomic mass is 9.95. The zero-order valence-electron chi connectivity index (χ0n) is 14.8. The van der Waals surface area contributed by atoms with Crippen molar-refractivity contribution in [3.8, 4) is 0 Å². The number of amides is 1. The lowest BCUT2D eigenvalue weighted by Crippen LogP contribution is -2.42. The first-order valence-corrected chi connectivity index (χ1v) is 9.44. The number of ether oxygens (including phenoxy) is 1. The fraction of sp³-hybridized carbons (Fsp3) is 0.650. The van der Waals surface area contributed by atoms with E-state index in [9.17, 15) is 4.79 Å². The van der Waals surface area contributed by atoms with Crippen LogP contribution >= 0.6 is 0 Å². The second-order valence-corrected chi connectivity index (χ2v) is 7.10. The van der Waals surface area contributed by atoms with Crippen molar-refractivity contribution in [1.29, 1.82) is 0 Å². The summed E-state index contributed by atoms with van der Waals surface area (Å²) >= 11 is 0. The standard InChI is InChI=1S/C20H30N2O2/c1-2-16-5-7-17(8-6-16)15-22-11-9-18(10-12-22)20(23)21-14-19-4-3-13-24-19/h5-8,18-19H,2-4,9-15H2,1H3,(H,21,23)/t19-/m0/s1. The van der Waals surface area contributed by atoms with E-state index in [1.54, 1.807) is 0 Å². The number of hydrogen-bond donors (Lipinski definition) is 1. The zero-order valence-corrected chi connectivity index (χ0v) is 14.8. The second kappa shape index (κ2) is 8.63. The molecule has 2 aliphatic heterocycles. The summed E-state index contributed by atoms with van der Waals surface area (Å²) in [5, 5.41) is 3.09. The molecule has 1 aromatic carbocycles. The molecule has 2 aliphatic rings. The smallest absolute Gasteiger partial charge is 0.223 e. The molecule has 4 nitrogen and oxygen atoms in total. The molecule has 0 spiro atoms. The predicted molar refractivity (Wildman–Crippen MR) is 95.8 cm³/mol.